The molecule has 0 heterocycles. The van der Waals surface area contributed by atoms with Gasteiger partial charge in [-0.05, 0) is 41.7 Å². The minimum Gasteiger partial charge on any atom is -0.491 e. The molecule has 0 saturated carbocycles. The summed E-state index contributed by atoms with van der Waals surface area (Å²) < 4.78 is 5.65. The number of ether oxygens (including phenoxy) is 1. The Morgan fingerprint density at radius 2 is 1.95 bits per heavy atom. The summed E-state index contributed by atoms with van der Waals surface area (Å²) in [6.07, 6.45) is 0.699. The first-order chi connectivity index (χ1) is 9.74. The predicted octanol–water partition coefficient (Wildman–Crippen LogP) is 2.78. The highest BCUT2D eigenvalue weighted by Gasteiger charge is 2.20. The Balaban J connectivity index is 1.64. The summed E-state index contributed by atoms with van der Waals surface area (Å²) in [5.41, 5.74) is 2.99. The van der Waals surface area contributed by atoms with Gasteiger partial charge in [-0.1, -0.05) is 36.4 Å². The van der Waals surface area contributed by atoms with Crippen LogP contribution in [0.15, 0.2) is 48.5 Å². The molecular weight excluding hydrogens is 252 g/mol. The molecule has 2 aromatic rings. The Hall–Kier alpha value is -1.84. The third-order valence-corrected chi connectivity index (χ3v) is 3.75. The monoisotopic (exact) mass is 270 g/mol. The van der Waals surface area contributed by atoms with Crippen molar-refractivity contribution in [2.75, 3.05) is 6.61 Å². The largest absolute Gasteiger partial charge is 0.491 e. The molecule has 0 radical (unpaired) electrons. The van der Waals surface area contributed by atoms with Crippen molar-refractivity contribution < 1.29 is 14.9 Å². The van der Waals surface area contributed by atoms with E-state index in [-0.39, 0.29) is 12.7 Å². The summed E-state index contributed by atoms with van der Waals surface area (Å²) >= 11 is 0. The average molecular weight is 270 g/mol. The number of rotatable bonds is 4. The lowest BCUT2D eigenvalue weighted by Crippen LogP contribution is -2.09. The fraction of sp³-hybridized carbons (Fsp3) is 0.294. The van der Waals surface area contributed by atoms with E-state index in [4.69, 9.17) is 4.74 Å². The van der Waals surface area contributed by atoms with Gasteiger partial charge in [-0.25, -0.2) is 0 Å². The third-order valence-electron chi connectivity index (χ3n) is 3.75. The molecule has 0 bridgehead atoms. The second-order valence-electron chi connectivity index (χ2n) is 5.15. The lowest BCUT2D eigenvalue weighted by molar-refractivity contribution is 0.108. The Labute approximate surface area is 118 Å². The number of benzene rings is 2. The molecule has 2 unspecified atom stereocenters. The zero-order chi connectivity index (χ0) is 13.9. The number of aliphatic hydroxyl groups excluding tert-OH is 2. The highest BCUT2D eigenvalue weighted by Crippen LogP contribution is 2.33. The molecule has 0 fully saturated rings. The van der Waals surface area contributed by atoms with Crippen LogP contribution in [0.5, 0.6) is 5.75 Å². The van der Waals surface area contributed by atoms with Gasteiger partial charge >= 0.3 is 0 Å². The van der Waals surface area contributed by atoms with Crippen molar-refractivity contribution in [3.05, 3.63) is 65.2 Å². The van der Waals surface area contributed by atoms with Crippen LogP contribution in [0, 0.1) is 0 Å². The standard InChI is InChI=1S/C17H18O3/c18-16-9-6-13-10-14(7-8-15(13)16)20-11-17(19)12-4-2-1-3-5-12/h1-5,7-8,10,16-19H,6,9,11H2. The van der Waals surface area contributed by atoms with Crippen LogP contribution in [0.4, 0.5) is 0 Å². The van der Waals surface area contributed by atoms with E-state index >= 15 is 0 Å². The summed E-state index contributed by atoms with van der Waals surface area (Å²) in [6, 6.07) is 15.2. The van der Waals surface area contributed by atoms with Gasteiger partial charge in [-0.3, -0.25) is 0 Å². The molecule has 2 N–H and O–H groups in total. The Kier molecular flexibility index (Phi) is 3.72. The van der Waals surface area contributed by atoms with E-state index in [0.717, 1.165) is 35.3 Å². The first kappa shape index (κ1) is 13.2. The van der Waals surface area contributed by atoms with E-state index in [9.17, 15) is 10.2 Å². The summed E-state index contributed by atoms with van der Waals surface area (Å²) in [7, 11) is 0. The van der Waals surface area contributed by atoms with Gasteiger partial charge in [0, 0.05) is 0 Å². The van der Waals surface area contributed by atoms with E-state index in [1.807, 2.05) is 48.5 Å². The molecule has 0 saturated heterocycles. The van der Waals surface area contributed by atoms with Gasteiger partial charge in [-0.2, -0.15) is 0 Å². The molecule has 2 atom stereocenters. The van der Waals surface area contributed by atoms with Crippen molar-refractivity contribution in [2.24, 2.45) is 0 Å². The molecule has 0 amide bonds. The maximum Gasteiger partial charge on any atom is 0.119 e. The number of fused-ring (bicyclic) bond motifs is 1. The van der Waals surface area contributed by atoms with E-state index in [1.165, 1.54) is 0 Å². The summed E-state index contributed by atoms with van der Waals surface area (Å²) in [5.74, 6) is 0.743. The lowest BCUT2D eigenvalue weighted by Gasteiger charge is -2.13. The maximum atomic E-state index is 10.1. The number of aryl methyl sites for hydroxylation is 1. The van der Waals surface area contributed by atoms with Crippen molar-refractivity contribution in [3.8, 4) is 5.75 Å². The molecule has 104 valence electrons. The van der Waals surface area contributed by atoms with Crippen molar-refractivity contribution in [1.82, 2.24) is 0 Å². The molecule has 3 heteroatoms. The second kappa shape index (κ2) is 5.65. The van der Waals surface area contributed by atoms with E-state index < -0.39 is 6.10 Å². The highest BCUT2D eigenvalue weighted by atomic mass is 16.5. The first-order valence-electron chi connectivity index (χ1n) is 6.91. The number of hydrogen-bond donors (Lipinski definition) is 2. The van der Waals surface area contributed by atoms with Crippen molar-refractivity contribution in [2.45, 2.75) is 25.0 Å². The molecule has 0 aliphatic heterocycles. The van der Waals surface area contributed by atoms with Crippen LogP contribution in [0.3, 0.4) is 0 Å². The average Bonchev–Trinajstić information content (AvgIpc) is 2.87. The van der Waals surface area contributed by atoms with Gasteiger partial charge in [0.25, 0.3) is 0 Å². The minimum atomic E-state index is -0.630. The Morgan fingerprint density at radius 3 is 2.75 bits per heavy atom. The topological polar surface area (TPSA) is 49.7 Å². The molecule has 1 aliphatic rings. The van der Waals surface area contributed by atoms with Gasteiger partial charge < -0.3 is 14.9 Å². The fourth-order valence-electron chi connectivity index (χ4n) is 2.61. The molecule has 3 nitrogen and oxygen atoms in total. The normalized spacial score (nSPS) is 18.6. The van der Waals surface area contributed by atoms with E-state index in [2.05, 4.69) is 0 Å². The van der Waals surface area contributed by atoms with E-state index in [0.29, 0.717) is 0 Å². The van der Waals surface area contributed by atoms with Gasteiger partial charge in [0.05, 0.1) is 6.10 Å². The van der Waals surface area contributed by atoms with Gasteiger partial charge in [0.2, 0.25) is 0 Å². The molecule has 0 aromatic heterocycles. The molecule has 1 aliphatic carbocycles. The van der Waals surface area contributed by atoms with Crippen LogP contribution < -0.4 is 4.74 Å². The SMILES string of the molecule is OC(COc1ccc2c(c1)CCC2O)c1ccccc1. The van der Waals surface area contributed by atoms with Crippen LogP contribution in [0.2, 0.25) is 0 Å². The molecule has 20 heavy (non-hydrogen) atoms. The van der Waals surface area contributed by atoms with Gasteiger partial charge in [0.1, 0.15) is 18.5 Å². The van der Waals surface area contributed by atoms with Gasteiger partial charge in [-0.15, -0.1) is 0 Å². The second-order valence-corrected chi connectivity index (χ2v) is 5.15. The Bertz CT molecular complexity index is 580. The fourth-order valence-corrected chi connectivity index (χ4v) is 2.61. The minimum absolute atomic E-state index is 0.228. The first-order valence-corrected chi connectivity index (χ1v) is 6.91. The van der Waals surface area contributed by atoms with Crippen LogP contribution in [0.25, 0.3) is 0 Å². The van der Waals surface area contributed by atoms with Crippen molar-refractivity contribution in [3.63, 3.8) is 0 Å². The van der Waals surface area contributed by atoms with Crippen LogP contribution in [-0.4, -0.2) is 16.8 Å². The third kappa shape index (κ3) is 2.69. The quantitative estimate of drug-likeness (QED) is 0.898. The zero-order valence-corrected chi connectivity index (χ0v) is 11.2. The summed E-state index contributed by atoms with van der Waals surface area (Å²) in [6.45, 7) is 0.228. The van der Waals surface area contributed by atoms with Crippen LogP contribution >= 0.6 is 0 Å². The van der Waals surface area contributed by atoms with Crippen molar-refractivity contribution >= 4 is 0 Å². The maximum absolute atomic E-state index is 10.1. The molecule has 3 rings (SSSR count). The zero-order valence-electron chi connectivity index (χ0n) is 11.2. The molecule has 0 spiro atoms. The van der Waals surface area contributed by atoms with E-state index in [1.54, 1.807) is 0 Å². The predicted molar refractivity (Wildman–Crippen MR) is 76.6 cm³/mol. The van der Waals surface area contributed by atoms with Crippen LogP contribution in [-0.2, 0) is 6.42 Å². The number of aliphatic hydroxyl groups is 2. The molecular formula is C17H18O3. The van der Waals surface area contributed by atoms with Crippen LogP contribution in [0.1, 0.15) is 35.3 Å². The summed E-state index contributed by atoms with van der Waals surface area (Å²) in [4.78, 5) is 0. The number of hydrogen-bond acceptors (Lipinski definition) is 3. The van der Waals surface area contributed by atoms with Gasteiger partial charge in [0.15, 0.2) is 0 Å². The highest BCUT2D eigenvalue weighted by molar-refractivity contribution is 5.39. The smallest absolute Gasteiger partial charge is 0.119 e. The summed E-state index contributed by atoms with van der Waals surface area (Å²) in [5, 5.41) is 19.8. The van der Waals surface area contributed by atoms with Crippen molar-refractivity contribution in [1.29, 1.82) is 0 Å². The lowest BCUT2D eigenvalue weighted by atomic mass is 10.1. The Morgan fingerprint density at radius 1 is 1.15 bits per heavy atom. The molecule has 2 aromatic carbocycles.